The lowest BCUT2D eigenvalue weighted by atomic mass is 10.1. The molecule has 1 heterocycles. The summed E-state index contributed by atoms with van der Waals surface area (Å²) in [4.78, 5) is 0. The molecule has 0 saturated carbocycles. The zero-order valence-corrected chi connectivity index (χ0v) is 13.2. The second-order valence-corrected chi connectivity index (χ2v) is 6.03. The van der Waals surface area contributed by atoms with Gasteiger partial charge in [0.2, 0.25) is 0 Å². The van der Waals surface area contributed by atoms with Crippen LogP contribution in [0.15, 0.2) is 30.5 Å². The predicted octanol–water partition coefficient (Wildman–Crippen LogP) is 3.69. The summed E-state index contributed by atoms with van der Waals surface area (Å²) in [5.41, 5.74) is 3.54. The molecule has 2 rings (SSSR count). The third-order valence-corrected chi connectivity index (χ3v) is 3.45. The fraction of sp³-hybridized carbons (Fsp3) is 0.471. The van der Waals surface area contributed by atoms with Gasteiger partial charge in [-0.1, -0.05) is 39.8 Å². The summed E-state index contributed by atoms with van der Waals surface area (Å²) in [6.45, 7) is 10.1. The van der Waals surface area contributed by atoms with Crippen LogP contribution in [0.1, 0.15) is 50.4 Å². The predicted molar refractivity (Wildman–Crippen MR) is 83.8 cm³/mol. The molecule has 114 valence electrons. The van der Waals surface area contributed by atoms with Gasteiger partial charge in [-0.25, -0.2) is 4.39 Å². The molecule has 1 N–H and O–H groups in total. The SMILES string of the molecule is CC(C)NCc1cnn(Cc2ccc(F)cc2)c1C(C)C. The van der Waals surface area contributed by atoms with Gasteiger partial charge in [0.15, 0.2) is 0 Å². The maximum absolute atomic E-state index is 13.0. The fourth-order valence-corrected chi connectivity index (χ4v) is 2.44. The van der Waals surface area contributed by atoms with Gasteiger partial charge in [0.05, 0.1) is 12.7 Å². The van der Waals surface area contributed by atoms with E-state index < -0.39 is 0 Å². The van der Waals surface area contributed by atoms with Crippen LogP contribution in [0, 0.1) is 5.82 Å². The van der Waals surface area contributed by atoms with E-state index >= 15 is 0 Å². The zero-order valence-electron chi connectivity index (χ0n) is 13.2. The molecular weight excluding hydrogens is 265 g/mol. The monoisotopic (exact) mass is 289 g/mol. The van der Waals surface area contributed by atoms with E-state index in [2.05, 4.69) is 38.1 Å². The van der Waals surface area contributed by atoms with Crippen LogP contribution in [-0.2, 0) is 13.1 Å². The second kappa shape index (κ2) is 6.85. The van der Waals surface area contributed by atoms with E-state index in [0.29, 0.717) is 18.5 Å². The van der Waals surface area contributed by atoms with Gasteiger partial charge in [-0.15, -0.1) is 0 Å². The third kappa shape index (κ3) is 4.14. The van der Waals surface area contributed by atoms with E-state index in [-0.39, 0.29) is 5.82 Å². The lowest BCUT2D eigenvalue weighted by Gasteiger charge is -2.14. The average Bonchev–Trinajstić information content (AvgIpc) is 2.82. The Hall–Kier alpha value is -1.68. The van der Waals surface area contributed by atoms with Crippen LogP contribution in [0.5, 0.6) is 0 Å². The topological polar surface area (TPSA) is 29.9 Å². The normalized spacial score (nSPS) is 11.6. The summed E-state index contributed by atoms with van der Waals surface area (Å²) in [7, 11) is 0. The smallest absolute Gasteiger partial charge is 0.123 e. The van der Waals surface area contributed by atoms with Crippen molar-refractivity contribution in [3.8, 4) is 0 Å². The lowest BCUT2D eigenvalue weighted by molar-refractivity contribution is 0.573. The summed E-state index contributed by atoms with van der Waals surface area (Å²) < 4.78 is 15.0. The molecule has 2 aromatic rings. The molecule has 1 aromatic heterocycles. The number of rotatable bonds is 6. The van der Waals surface area contributed by atoms with E-state index in [1.807, 2.05) is 23.0 Å². The van der Waals surface area contributed by atoms with Crippen LogP contribution in [0.3, 0.4) is 0 Å². The summed E-state index contributed by atoms with van der Waals surface area (Å²) >= 11 is 0. The Morgan fingerprint density at radius 3 is 2.38 bits per heavy atom. The summed E-state index contributed by atoms with van der Waals surface area (Å²) in [6.07, 6.45) is 1.94. The number of nitrogens with zero attached hydrogens (tertiary/aromatic N) is 2. The fourth-order valence-electron chi connectivity index (χ4n) is 2.44. The number of benzene rings is 1. The van der Waals surface area contributed by atoms with Crippen LogP contribution in [-0.4, -0.2) is 15.8 Å². The quantitative estimate of drug-likeness (QED) is 0.879. The van der Waals surface area contributed by atoms with Crippen molar-refractivity contribution in [2.45, 2.75) is 52.7 Å². The summed E-state index contributed by atoms with van der Waals surface area (Å²) in [5.74, 6) is 0.196. The van der Waals surface area contributed by atoms with Gasteiger partial charge >= 0.3 is 0 Å². The van der Waals surface area contributed by atoms with Gasteiger partial charge in [-0.05, 0) is 23.6 Å². The molecule has 0 aliphatic heterocycles. The highest BCUT2D eigenvalue weighted by atomic mass is 19.1. The highest BCUT2D eigenvalue weighted by molar-refractivity contribution is 5.23. The molecule has 0 radical (unpaired) electrons. The van der Waals surface area contributed by atoms with E-state index in [1.54, 1.807) is 0 Å². The van der Waals surface area contributed by atoms with Crippen LogP contribution in [0.25, 0.3) is 0 Å². The van der Waals surface area contributed by atoms with E-state index in [9.17, 15) is 4.39 Å². The Kier molecular flexibility index (Phi) is 5.12. The maximum atomic E-state index is 13.0. The average molecular weight is 289 g/mol. The Bertz CT molecular complexity index is 570. The van der Waals surface area contributed by atoms with Crippen molar-refractivity contribution in [1.29, 1.82) is 0 Å². The molecule has 0 saturated heterocycles. The van der Waals surface area contributed by atoms with Gasteiger partial charge in [0, 0.05) is 23.8 Å². The molecule has 1 aromatic carbocycles. The summed E-state index contributed by atoms with van der Waals surface area (Å²) in [6, 6.07) is 7.07. The van der Waals surface area contributed by atoms with Crippen molar-refractivity contribution in [1.82, 2.24) is 15.1 Å². The minimum atomic E-state index is -0.204. The number of hydrogen-bond acceptors (Lipinski definition) is 2. The van der Waals surface area contributed by atoms with Gasteiger partial charge in [0.25, 0.3) is 0 Å². The highest BCUT2D eigenvalue weighted by Crippen LogP contribution is 2.20. The van der Waals surface area contributed by atoms with Crippen molar-refractivity contribution in [2.24, 2.45) is 0 Å². The molecular formula is C17H24FN3. The van der Waals surface area contributed by atoms with Crippen LogP contribution < -0.4 is 5.32 Å². The minimum Gasteiger partial charge on any atom is -0.310 e. The Balaban J connectivity index is 2.20. The first-order valence-electron chi connectivity index (χ1n) is 7.49. The van der Waals surface area contributed by atoms with Gasteiger partial charge < -0.3 is 5.32 Å². The molecule has 0 spiro atoms. The van der Waals surface area contributed by atoms with Crippen LogP contribution >= 0.6 is 0 Å². The molecule has 0 aliphatic carbocycles. The summed E-state index contributed by atoms with van der Waals surface area (Å²) in [5, 5.41) is 7.95. The standard InChI is InChI=1S/C17H24FN3/c1-12(2)17-15(9-19-13(3)4)10-20-21(17)11-14-5-7-16(18)8-6-14/h5-8,10,12-13,19H,9,11H2,1-4H3. The molecule has 0 unspecified atom stereocenters. The van der Waals surface area contributed by atoms with Crippen molar-refractivity contribution < 1.29 is 4.39 Å². The van der Waals surface area contributed by atoms with Crippen molar-refractivity contribution in [2.75, 3.05) is 0 Å². The minimum absolute atomic E-state index is 0.204. The zero-order chi connectivity index (χ0) is 15.4. The lowest BCUT2D eigenvalue weighted by Crippen LogP contribution is -2.22. The molecule has 0 aliphatic rings. The first-order valence-corrected chi connectivity index (χ1v) is 7.49. The van der Waals surface area contributed by atoms with Gasteiger partial charge in [-0.2, -0.15) is 5.10 Å². The molecule has 21 heavy (non-hydrogen) atoms. The molecule has 0 bridgehead atoms. The largest absolute Gasteiger partial charge is 0.310 e. The third-order valence-electron chi connectivity index (χ3n) is 3.45. The van der Waals surface area contributed by atoms with E-state index in [4.69, 9.17) is 0 Å². The van der Waals surface area contributed by atoms with E-state index in [1.165, 1.54) is 23.4 Å². The van der Waals surface area contributed by atoms with Crippen LogP contribution in [0.4, 0.5) is 4.39 Å². The second-order valence-electron chi connectivity index (χ2n) is 6.03. The Morgan fingerprint density at radius 1 is 1.14 bits per heavy atom. The number of nitrogens with one attached hydrogen (secondary N) is 1. The molecule has 0 amide bonds. The first kappa shape index (κ1) is 15.7. The van der Waals surface area contributed by atoms with Gasteiger partial charge in [0.1, 0.15) is 5.82 Å². The number of halogens is 1. The van der Waals surface area contributed by atoms with E-state index in [0.717, 1.165) is 12.1 Å². The van der Waals surface area contributed by atoms with Crippen molar-refractivity contribution in [3.63, 3.8) is 0 Å². The maximum Gasteiger partial charge on any atom is 0.123 e. The molecule has 4 heteroatoms. The number of hydrogen-bond donors (Lipinski definition) is 1. The molecule has 3 nitrogen and oxygen atoms in total. The number of aromatic nitrogens is 2. The first-order chi connectivity index (χ1) is 9.97. The van der Waals surface area contributed by atoms with Crippen molar-refractivity contribution in [3.05, 3.63) is 53.1 Å². The molecule has 0 fully saturated rings. The van der Waals surface area contributed by atoms with Gasteiger partial charge in [-0.3, -0.25) is 4.68 Å². The highest BCUT2D eigenvalue weighted by Gasteiger charge is 2.14. The Labute approximate surface area is 126 Å². The molecule has 0 atom stereocenters. The van der Waals surface area contributed by atoms with Crippen molar-refractivity contribution >= 4 is 0 Å². The Morgan fingerprint density at radius 2 is 1.81 bits per heavy atom. The van der Waals surface area contributed by atoms with Crippen LogP contribution in [0.2, 0.25) is 0 Å².